The van der Waals surface area contributed by atoms with Crippen LogP contribution in [0.4, 0.5) is 0 Å². The predicted octanol–water partition coefficient (Wildman–Crippen LogP) is 3.03. The number of amides is 2. The first kappa shape index (κ1) is 23.8. The van der Waals surface area contributed by atoms with E-state index in [2.05, 4.69) is 5.10 Å². The van der Waals surface area contributed by atoms with Crippen LogP contribution in [-0.2, 0) is 4.79 Å². The van der Waals surface area contributed by atoms with Gasteiger partial charge in [-0.25, -0.2) is 14.7 Å². The first-order valence-corrected chi connectivity index (χ1v) is 11.0. The fourth-order valence-corrected chi connectivity index (χ4v) is 4.02. The number of nitrogens with zero attached hydrogens (tertiary/aromatic N) is 4. The molecule has 10 nitrogen and oxygen atoms in total. The highest BCUT2D eigenvalue weighted by Crippen LogP contribution is 2.39. The molecule has 1 saturated heterocycles. The number of aromatic nitrogens is 2. The lowest BCUT2D eigenvalue weighted by atomic mass is 10.1. The standard InChI is InChI=1S/C25H26N4O6/c1-16-20(15-26-29(16)19-9-6-5-7-10-19)25(32)28-12-8-11-27(28)24(31)18-13-21(33-3)23(35-17(2)30)22(14-18)34-4/h5-7,9-10,13-15H,8,11-12H2,1-4H3. The average Bonchev–Trinajstić information content (AvgIpc) is 3.50. The van der Waals surface area contributed by atoms with Crippen LogP contribution in [0.1, 0.15) is 39.8 Å². The van der Waals surface area contributed by atoms with Gasteiger partial charge >= 0.3 is 5.97 Å². The maximum absolute atomic E-state index is 13.5. The molecule has 2 aromatic carbocycles. The number of esters is 1. The minimum atomic E-state index is -0.552. The van der Waals surface area contributed by atoms with E-state index < -0.39 is 11.9 Å². The zero-order valence-corrected chi connectivity index (χ0v) is 20.0. The zero-order chi connectivity index (χ0) is 25.1. The van der Waals surface area contributed by atoms with Crippen LogP contribution in [0, 0.1) is 6.92 Å². The Morgan fingerprint density at radius 3 is 2.09 bits per heavy atom. The Morgan fingerprint density at radius 1 is 0.914 bits per heavy atom. The summed E-state index contributed by atoms with van der Waals surface area (Å²) in [5.41, 5.74) is 2.15. The van der Waals surface area contributed by atoms with Gasteiger partial charge in [0.2, 0.25) is 5.75 Å². The molecular formula is C25H26N4O6. The number of carbonyl (C=O) groups excluding carboxylic acids is 3. The first-order chi connectivity index (χ1) is 16.8. The highest BCUT2D eigenvalue weighted by Gasteiger charge is 2.34. The van der Waals surface area contributed by atoms with Crippen molar-refractivity contribution in [3.63, 3.8) is 0 Å². The summed E-state index contributed by atoms with van der Waals surface area (Å²) in [5.74, 6) is -0.860. The van der Waals surface area contributed by atoms with Gasteiger partial charge in [0.1, 0.15) is 0 Å². The second-order valence-corrected chi connectivity index (χ2v) is 7.90. The fraction of sp³-hybridized carbons (Fsp3) is 0.280. The quantitative estimate of drug-likeness (QED) is 0.396. The van der Waals surface area contributed by atoms with Crippen molar-refractivity contribution in [1.82, 2.24) is 19.8 Å². The van der Waals surface area contributed by atoms with E-state index in [-0.39, 0.29) is 28.7 Å². The molecule has 1 aliphatic heterocycles. The van der Waals surface area contributed by atoms with Crippen molar-refractivity contribution in [2.45, 2.75) is 20.3 Å². The lowest BCUT2D eigenvalue weighted by Crippen LogP contribution is -2.45. The molecule has 2 heterocycles. The third-order valence-corrected chi connectivity index (χ3v) is 5.69. The molecule has 1 fully saturated rings. The molecule has 1 aliphatic rings. The summed E-state index contributed by atoms with van der Waals surface area (Å²) in [4.78, 5) is 38.4. The molecule has 2 amide bonds. The molecule has 0 aliphatic carbocycles. The van der Waals surface area contributed by atoms with E-state index in [0.29, 0.717) is 30.8 Å². The summed E-state index contributed by atoms with van der Waals surface area (Å²) >= 11 is 0. The van der Waals surface area contributed by atoms with Crippen LogP contribution in [0.25, 0.3) is 5.69 Å². The maximum Gasteiger partial charge on any atom is 0.308 e. The van der Waals surface area contributed by atoms with E-state index >= 15 is 0 Å². The Bertz CT molecular complexity index is 1250. The van der Waals surface area contributed by atoms with Crippen LogP contribution in [-0.4, -0.2) is 64.9 Å². The van der Waals surface area contributed by atoms with Crippen molar-refractivity contribution in [2.75, 3.05) is 27.3 Å². The topological polar surface area (TPSA) is 103 Å². The van der Waals surface area contributed by atoms with Crippen molar-refractivity contribution in [1.29, 1.82) is 0 Å². The molecule has 4 rings (SSSR count). The maximum atomic E-state index is 13.5. The van der Waals surface area contributed by atoms with Crippen LogP contribution in [0.5, 0.6) is 17.2 Å². The summed E-state index contributed by atoms with van der Waals surface area (Å²) in [6.07, 6.45) is 2.15. The van der Waals surface area contributed by atoms with Crippen LogP contribution < -0.4 is 14.2 Å². The highest BCUT2D eigenvalue weighted by atomic mass is 16.6. The van der Waals surface area contributed by atoms with Gasteiger partial charge in [-0.15, -0.1) is 0 Å². The van der Waals surface area contributed by atoms with Crippen LogP contribution in [0.2, 0.25) is 0 Å². The molecule has 0 atom stereocenters. The summed E-state index contributed by atoms with van der Waals surface area (Å²) < 4.78 is 17.5. The Hall–Kier alpha value is -4.34. The summed E-state index contributed by atoms with van der Waals surface area (Å²) in [5, 5.41) is 7.21. The molecule has 1 aromatic heterocycles. The number of rotatable bonds is 6. The molecule has 3 aromatic rings. The average molecular weight is 479 g/mol. The fourth-order valence-electron chi connectivity index (χ4n) is 4.02. The molecule has 0 saturated carbocycles. The summed E-state index contributed by atoms with van der Waals surface area (Å²) in [6.45, 7) is 3.83. The van der Waals surface area contributed by atoms with Crippen LogP contribution >= 0.6 is 0 Å². The number of para-hydroxylation sites is 1. The number of hydrogen-bond acceptors (Lipinski definition) is 7. The van der Waals surface area contributed by atoms with E-state index in [0.717, 1.165) is 5.69 Å². The van der Waals surface area contributed by atoms with Gasteiger partial charge in [0.25, 0.3) is 11.8 Å². The molecule has 182 valence electrons. The SMILES string of the molecule is COc1cc(C(=O)N2CCCN2C(=O)c2cnn(-c3ccccc3)c2C)cc(OC)c1OC(C)=O. The van der Waals surface area contributed by atoms with E-state index in [1.54, 1.807) is 4.68 Å². The van der Waals surface area contributed by atoms with Crippen molar-refractivity contribution < 1.29 is 28.6 Å². The Labute approximate surface area is 202 Å². The molecule has 10 heteroatoms. The minimum absolute atomic E-state index is 0.0809. The molecule has 0 N–H and O–H groups in total. The second-order valence-electron chi connectivity index (χ2n) is 7.90. The third kappa shape index (κ3) is 4.54. The van der Waals surface area contributed by atoms with Crippen LogP contribution in [0.15, 0.2) is 48.7 Å². The monoisotopic (exact) mass is 478 g/mol. The molecular weight excluding hydrogens is 452 g/mol. The molecule has 0 unspecified atom stereocenters. The number of carbonyl (C=O) groups is 3. The van der Waals surface area contributed by atoms with Gasteiger partial charge in [0.05, 0.1) is 37.4 Å². The van der Waals surface area contributed by atoms with Gasteiger partial charge in [0.15, 0.2) is 11.5 Å². The minimum Gasteiger partial charge on any atom is -0.493 e. The smallest absolute Gasteiger partial charge is 0.308 e. The number of benzene rings is 2. The van der Waals surface area contributed by atoms with Gasteiger partial charge < -0.3 is 14.2 Å². The summed E-state index contributed by atoms with van der Waals surface area (Å²) in [7, 11) is 2.80. The van der Waals surface area contributed by atoms with E-state index in [9.17, 15) is 14.4 Å². The van der Waals surface area contributed by atoms with Crippen molar-refractivity contribution >= 4 is 17.8 Å². The molecule has 0 bridgehead atoms. The van der Waals surface area contributed by atoms with E-state index in [1.807, 2.05) is 37.3 Å². The predicted molar refractivity (Wildman–Crippen MR) is 126 cm³/mol. The van der Waals surface area contributed by atoms with E-state index in [4.69, 9.17) is 14.2 Å². The van der Waals surface area contributed by atoms with Gasteiger partial charge in [0, 0.05) is 25.6 Å². The van der Waals surface area contributed by atoms with Gasteiger partial charge in [-0.3, -0.25) is 14.4 Å². The summed E-state index contributed by atoms with van der Waals surface area (Å²) in [6, 6.07) is 12.4. The zero-order valence-electron chi connectivity index (χ0n) is 20.0. The Balaban J connectivity index is 1.63. The molecule has 0 spiro atoms. The second kappa shape index (κ2) is 9.88. The lowest BCUT2D eigenvalue weighted by molar-refractivity contribution is -0.132. The van der Waals surface area contributed by atoms with Gasteiger partial charge in [-0.05, 0) is 37.6 Å². The normalized spacial score (nSPS) is 13.0. The first-order valence-electron chi connectivity index (χ1n) is 11.0. The van der Waals surface area contributed by atoms with Crippen LogP contribution in [0.3, 0.4) is 0 Å². The number of hydrazine groups is 1. The van der Waals surface area contributed by atoms with Crippen molar-refractivity contribution in [3.8, 4) is 22.9 Å². The van der Waals surface area contributed by atoms with Gasteiger partial charge in [-0.1, -0.05) is 18.2 Å². The van der Waals surface area contributed by atoms with E-state index in [1.165, 1.54) is 49.5 Å². The van der Waals surface area contributed by atoms with Crippen molar-refractivity contribution in [2.24, 2.45) is 0 Å². The molecule has 35 heavy (non-hydrogen) atoms. The molecule has 0 radical (unpaired) electrons. The number of methoxy groups -OCH3 is 2. The number of ether oxygens (including phenoxy) is 3. The lowest BCUT2D eigenvalue weighted by Gasteiger charge is -2.28. The number of hydrogen-bond donors (Lipinski definition) is 0. The Morgan fingerprint density at radius 2 is 1.51 bits per heavy atom. The van der Waals surface area contributed by atoms with Crippen molar-refractivity contribution in [3.05, 3.63) is 65.5 Å². The Kier molecular flexibility index (Phi) is 6.72. The highest BCUT2D eigenvalue weighted by molar-refractivity contribution is 6.00. The largest absolute Gasteiger partial charge is 0.493 e. The third-order valence-electron chi connectivity index (χ3n) is 5.69. The van der Waals surface area contributed by atoms with Gasteiger partial charge in [-0.2, -0.15) is 5.10 Å².